The lowest BCUT2D eigenvalue weighted by atomic mass is 10.1. The SMILES string of the molecule is O=C(NC1CC1)c1ccc(-c2nc(C(=O)Nc3ccccc3)cs2)cc1. The Morgan fingerprint density at radius 1 is 0.962 bits per heavy atom. The smallest absolute Gasteiger partial charge is 0.275 e. The van der Waals surface area contributed by atoms with Crippen molar-refractivity contribution < 1.29 is 9.59 Å². The maximum absolute atomic E-state index is 12.3. The Morgan fingerprint density at radius 3 is 2.38 bits per heavy atom. The van der Waals surface area contributed by atoms with E-state index in [0.717, 1.165) is 29.1 Å². The number of anilines is 1. The van der Waals surface area contributed by atoms with Gasteiger partial charge in [-0.3, -0.25) is 9.59 Å². The van der Waals surface area contributed by atoms with Crippen molar-refractivity contribution in [2.75, 3.05) is 5.32 Å². The number of carbonyl (C=O) groups excluding carboxylic acids is 2. The average molecular weight is 363 g/mol. The molecule has 130 valence electrons. The van der Waals surface area contributed by atoms with Gasteiger partial charge in [0.1, 0.15) is 10.7 Å². The lowest BCUT2D eigenvalue weighted by Crippen LogP contribution is -2.25. The summed E-state index contributed by atoms with van der Waals surface area (Å²) in [7, 11) is 0. The molecule has 3 aromatic rings. The largest absolute Gasteiger partial charge is 0.349 e. The van der Waals surface area contributed by atoms with Crippen LogP contribution in [0.25, 0.3) is 10.6 Å². The van der Waals surface area contributed by atoms with Crippen molar-refractivity contribution in [1.82, 2.24) is 10.3 Å². The number of hydrogen-bond acceptors (Lipinski definition) is 4. The summed E-state index contributed by atoms with van der Waals surface area (Å²) in [6.45, 7) is 0. The summed E-state index contributed by atoms with van der Waals surface area (Å²) in [5.41, 5.74) is 2.64. The molecule has 0 saturated heterocycles. The van der Waals surface area contributed by atoms with E-state index in [0.29, 0.717) is 17.3 Å². The minimum absolute atomic E-state index is 0.0406. The molecule has 0 radical (unpaired) electrons. The number of nitrogens with zero attached hydrogens (tertiary/aromatic N) is 1. The van der Waals surface area contributed by atoms with E-state index in [-0.39, 0.29) is 11.8 Å². The number of amides is 2. The highest BCUT2D eigenvalue weighted by atomic mass is 32.1. The Morgan fingerprint density at radius 2 is 1.69 bits per heavy atom. The predicted molar refractivity (Wildman–Crippen MR) is 102 cm³/mol. The molecule has 1 aliphatic carbocycles. The van der Waals surface area contributed by atoms with Crippen LogP contribution in [0.3, 0.4) is 0 Å². The third-order valence-electron chi connectivity index (χ3n) is 4.08. The Kier molecular flexibility index (Phi) is 4.50. The van der Waals surface area contributed by atoms with Crippen LogP contribution in [0.5, 0.6) is 0 Å². The van der Waals surface area contributed by atoms with E-state index < -0.39 is 0 Å². The highest BCUT2D eigenvalue weighted by molar-refractivity contribution is 7.13. The molecule has 2 N–H and O–H groups in total. The lowest BCUT2D eigenvalue weighted by Gasteiger charge is -2.04. The van der Waals surface area contributed by atoms with Crippen LogP contribution in [0, 0.1) is 0 Å². The number of rotatable bonds is 5. The molecule has 1 heterocycles. The summed E-state index contributed by atoms with van der Waals surface area (Å²) < 4.78 is 0. The van der Waals surface area contributed by atoms with Crippen LogP contribution in [-0.4, -0.2) is 22.8 Å². The van der Waals surface area contributed by atoms with E-state index in [4.69, 9.17) is 0 Å². The van der Waals surface area contributed by atoms with Gasteiger partial charge in [-0.1, -0.05) is 30.3 Å². The molecule has 1 aliphatic rings. The van der Waals surface area contributed by atoms with E-state index in [1.165, 1.54) is 11.3 Å². The first-order chi connectivity index (χ1) is 12.7. The molecule has 4 rings (SSSR count). The van der Waals surface area contributed by atoms with Crippen LogP contribution >= 0.6 is 11.3 Å². The first-order valence-corrected chi connectivity index (χ1v) is 9.30. The molecule has 5 nitrogen and oxygen atoms in total. The summed E-state index contributed by atoms with van der Waals surface area (Å²) in [6, 6.07) is 16.9. The van der Waals surface area contributed by atoms with Gasteiger partial charge in [0.25, 0.3) is 11.8 Å². The van der Waals surface area contributed by atoms with Gasteiger partial charge in [0, 0.05) is 28.2 Å². The van der Waals surface area contributed by atoms with Gasteiger partial charge in [-0.15, -0.1) is 11.3 Å². The predicted octanol–water partition coefficient (Wildman–Crippen LogP) is 3.95. The van der Waals surface area contributed by atoms with Gasteiger partial charge < -0.3 is 10.6 Å². The van der Waals surface area contributed by atoms with Gasteiger partial charge in [-0.2, -0.15) is 0 Å². The van der Waals surface area contributed by atoms with E-state index in [2.05, 4.69) is 15.6 Å². The zero-order chi connectivity index (χ0) is 17.9. The second kappa shape index (κ2) is 7.09. The van der Waals surface area contributed by atoms with Crippen LogP contribution < -0.4 is 10.6 Å². The van der Waals surface area contributed by atoms with Crippen molar-refractivity contribution in [3.05, 3.63) is 71.2 Å². The Balaban J connectivity index is 1.45. The highest BCUT2D eigenvalue weighted by Crippen LogP contribution is 2.25. The average Bonchev–Trinajstić information content (AvgIpc) is 3.34. The van der Waals surface area contributed by atoms with Crippen LogP contribution in [0.1, 0.15) is 33.7 Å². The van der Waals surface area contributed by atoms with E-state index in [1.54, 1.807) is 17.5 Å². The fourth-order valence-electron chi connectivity index (χ4n) is 2.49. The van der Waals surface area contributed by atoms with E-state index in [9.17, 15) is 9.59 Å². The lowest BCUT2D eigenvalue weighted by molar-refractivity contribution is 0.0950. The molecule has 0 unspecified atom stereocenters. The second-order valence-electron chi connectivity index (χ2n) is 6.18. The number of thiazole rings is 1. The van der Waals surface area contributed by atoms with Crippen molar-refractivity contribution in [2.24, 2.45) is 0 Å². The summed E-state index contributed by atoms with van der Waals surface area (Å²) in [5.74, 6) is -0.278. The fraction of sp³-hybridized carbons (Fsp3) is 0.150. The number of para-hydroxylation sites is 1. The second-order valence-corrected chi connectivity index (χ2v) is 7.04. The number of carbonyl (C=O) groups is 2. The summed E-state index contributed by atoms with van der Waals surface area (Å²) in [5, 5.41) is 8.28. The Bertz CT molecular complexity index is 931. The molecule has 2 aromatic carbocycles. The summed E-state index contributed by atoms with van der Waals surface area (Å²) in [6.07, 6.45) is 2.13. The fourth-order valence-corrected chi connectivity index (χ4v) is 3.29. The van der Waals surface area contributed by atoms with Crippen LogP contribution in [-0.2, 0) is 0 Å². The molecule has 0 aliphatic heterocycles. The topological polar surface area (TPSA) is 71.1 Å². The van der Waals surface area contributed by atoms with Crippen molar-refractivity contribution in [1.29, 1.82) is 0 Å². The quantitative estimate of drug-likeness (QED) is 0.721. The zero-order valence-electron chi connectivity index (χ0n) is 13.9. The van der Waals surface area contributed by atoms with Crippen LogP contribution in [0.4, 0.5) is 5.69 Å². The molecule has 6 heteroatoms. The first-order valence-electron chi connectivity index (χ1n) is 8.42. The summed E-state index contributed by atoms with van der Waals surface area (Å²) >= 11 is 1.40. The van der Waals surface area contributed by atoms with Crippen molar-refractivity contribution in [3.8, 4) is 10.6 Å². The monoisotopic (exact) mass is 363 g/mol. The van der Waals surface area contributed by atoms with Gasteiger partial charge in [-0.25, -0.2) is 4.98 Å². The Labute approximate surface area is 155 Å². The number of benzene rings is 2. The van der Waals surface area contributed by atoms with Gasteiger partial charge in [0.15, 0.2) is 0 Å². The molecule has 1 saturated carbocycles. The molecule has 2 amide bonds. The molecular formula is C20H17N3O2S. The maximum atomic E-state index is 12.3. The number of nitrogens with one attached hydrogen (secondary N) is 2. The normalized spacial score (nSPS) is 13.2. The number of aromatic nitrogens is 1. The highest BCUT2D eigenvalue weighted by Gasteiger charge is 2.23. The minimum Gasteiger partial charge on any atom is -0.349 e. The van der Waals surface area contributed by atoms with Crippen molar-refractivity contribution in [3.63, 3.8) is 0 Å². The van der Waals surface area contributed by atoms with Gasteiger partial charge in [-0.05, 0) is 37.1 Å². The maximum Gasteiger partial charge on any atom is 0.275 e. The van der Waals surface area contributed by atoms with E-state index in [1.807, 2.05) is 42.5 Å². The van der Waals surface area contributed by atoms with Gasteiger partial charge in [0.2, 0.25) is 0 Å². The molecule has 0 spiro atoms. The third kappa shape index (κ3) is 3.81. The zero-order valence-corrected chi connectivity index (χ0v) is 14.8. The molecule has 26 heavy (non-hydrogen) atoms. The van der Waals surface area contributed by atoms with Gasteiger partial charge >= 0.3 is 0 Å². The van der Waals surface area contributed by atoms with Crippen LogP contribution in [0.2, 0.25) is 0 Å². The van der Waals surface area contributed by atoms with Gasteiger partial charge in [0.05, 0.1) is 0 Å². The third-order valence-corrected chi connectivity index (χ3v) is 4.97. The standard InChI is InChI=1S/C20H17N3O2S/c24-18(21-16-10-11-16)13-6-8-14(9-7-13)20-23-17(12-26-20)19(25)22-15-4-2-1-3-5-15/h1-9,12,16H,10-11H2,(H,21,24)(H,22,25). The van der Waals surface area contributed by atoms with Crippen molar-refractivity contribution >= 4 is 28.8 Å². The molecule has 0 bridgehead atoms. The summed E-state index contributed by atoms with van der Waals surface area (Å²) in [4.78, 5) is 28.7. The molecule has 1 aromatic heterocycles. The van der Waals surface area contributed by atoms with Crippen LogP contribution in [0.15, 0.2) is 60.0 Å². The Hall–Kier alpha value is -2.99. The molecule has 0 atom stereocenters. The number of hydrogen-bond donors (Lipinski definition) is 2. The molecule has 1 fully saturated rings. The molecular weight excluding hydrogens is 346 g/mol. The first kappa shape index (κ1) is 16.5. The van der Waals surface area contributed by atoms with Crippen molar-refractivity contribution in [2.45, 2.75) is 18.9 Å². The minimum atomic E-state index is -0.237. The van der Waals surface area contributed by atoms with E-state index >= 15 is 0 Å².